The SMILES string of the molecule is CC1C[C@H](N)C(O)[C@H](OP(=O)(O)OP(=O)(O)OC[C@H]2O[C@@H](n3ccc(=O)[nH]c3=O)C(O)[C@H]2O)O1. The van der Waals surface area contributed by atoms with Gasteiger partial charge in [0.05, 0.1) is 12.7 Å². The molecule has 194 valence electrons. The van der Waals surface area contributed by atoms with Crippen molar-refractivity contribution in [1.82, 2.24) is 9.55 Å². The van der Waals surface area contributed by atoms with Gasteiger partial charge in [-0.2, -0.15) is 4.31 Å². The Labute approximate surface area is 190 Å². The molecule has 10 atom stereocenters. The Hall–Kier alpha value is -1.30. The van der Waals surface area contributed by atoms with Crippen LogP contribution in [0.4, 0.5) is 0 Å². The molecule has 3 heterocycles. The van der Waals surface area contributed by atoms with E-state index in [0.29, 0.717) is 0 Å². The topological polar surface area (TPSA) is 262 Å². The fourth-order valence-electron chi connectivity index (χ4n) is 3.37. The van der Waals surface area contributed by atoms with Crippen LogP contribution in [0.5, 0.6) is 0 Å². The normalized spacial score (nSPS) is 37.7. The number of H-pyrrole nitrogens is 1. The number of hydrogen-bond acceptors (Lipinski definition) is 13. The van der Waals surface area contributed by atoms with Gasteiger partial charge in [-0.15, -0.1) is 0 Å². The van der Waals surface area contributed by atoms with Crippen LogP contribution < -0.4 is 17.0 Å². The minimum Gasteiger partial charge on any atom is -0.387 e. The van der Waals surface area contributed by atoms with Crippen molar-refractivity contribution in [3.05, 3.63) is 33.1 Å². The number of aliphatic hydroxyl groups is 3. The summed E-state index contributed by atoms with van der Waals surface area (Å²) < 4.78 is 48.8. The molecule has 0 saturated carbocycles. The van der Waals surface area contributed by atoms with Crippen molar-refractivity contribution in [2.75, 3.05) is 6.61 Å². The molecule has 0 spiro atoms. The van der Waals surface area contributed by atoms with E-state index in [1.807, 2.05) is 4.98 Å². The van der Waals surface area contributed by atoms with Crippen LogP contribution in [-0.2, 0) is 32.0 Å². The maximum Gasteiger partial charge on any atom is 0.483 e. The Kier molecular flexibility index (Phi) is 8.32. The zero-order chi connectivity index (χ0) is 25.4. The Morgan fingerprint density at radius 2 is 1.82 bits per heavy atom. The van der Waals surface area contributed by atoms with E-state index < -0.39 is 82.6 Å². The van der Waals surface area contributed by atoms with Gasteiger partial charge in [-0.05, 0) is 13.3 Å². The lowest BCUT2D eigenvalue weighted by atomic mass is 10.0. The number of ether oxygens (including phenoxy) is 2. The summed E-state index contributed by atoms with van der Waals surface area (Å²) in [7, 11) is -10.7. The number of hydrogen-bond donors (Lipinski definition) is 7. The monoisotopic (exact) mass is 533 g/mol. The molecule has 0 aromatic carbocycles. The molecule has 5 unspecified atom stereocenters. The summed E-state index contributed by atoms with van der Waals surface area (Å²) in [6, 6.07) is 0.101. The number of aromatic amines is 1. The molecular weight excluding hydrogens is 508 g/mol. The average molecular weight is 533 g/mol. The fourth-order valence-corrected chi connectivity index (χ4v) is 5.53. The highest BCUT2D eigenvalue weighted by Crippen LogP contribution is 2.61. The molecule has 8 N–H and O–H groups in total. The number of aliphatic hydroxyl groups excluding tert-OH is 3. The minimum atomic E-state index is -5.34. The molecule has 2 aliphatic heterocycles. The summed E-state index contributed by atoms with van der Waals surface area (Å²) in [6.45, 7) is 0.617. The van der Waals surface area contributed by atoms with E-state index in [2.05, 4.69) is 13.4 Å². The van der Waals surface area contributed by atoms with Gasteiger partial charge in [-0.3, -0.25) is 23.4 Å². The van der Waals surface area contributed by atoms with Gasteiger partial charge in [0.2, 0.25) is 0 Å². The largest absolute Gasteiger partial charge is 0.483 e. The van der Waals surface area contributed by atoms with Crippen LogP contribution in [0.2, 0.25) is 0 Å². The second kappa shape index (κ2) is 10.4. The van der Waals surface area contributed by atoms with Gasteiger partial charge < -0.3 is 40.3 Å². The summed E-state index contributed by atoms with van der Waals surface area (Å²) in [5.74, 6) is 0. The van der Waals surface area contributed by atoms with Crippen LogP contribution in [0.25, 0.3) is 0 Å². The molecule has 0 amide bonds. The van der Waals surface area contributed by atoms with Crippen LogP contribution in [0.3, 0.4) is 0 Å². The maximum absolute atomic E-state index is 12.2. The molecule has 3 rings (SSSR count). The van der Waals surface area contributed by atoms with Crippen LogP contribution in [-0.4, -0.2) is 84.1 Å². The highest BCUT2D eigenvalue weighted by atomic mass is 31.3. The number of aromatic nitrogens is 2. The molecule has 17 nitrogen and oxygen atoms in total. The van der Waals surface area contributed by atoms with Crippen molar-refractivity contribution in [3.8, 4) is 0 Å². The highest BCUT2D eigenvalue weighted by Gasteiger charge is 2.47. The first-order valence-corrected chi connectivity index (χ1v) is 12.8. The van der Waals surface area contributed by atoms with Gasteiger partial charge in [-0.25, -0.2) is 13.9 Å². The highest BCUT2D eigenvalue weighted by molar-refractivity contribution is 7.61. The molecule has 34 heavy (non-hydrogen) atoms. The van der Waals surface area contributed by atoms with Gasteiger partial charge in [0.1, 0.15) is 24.4 Å². The predicted octanol–water partition coefficient (Wildman–Crippen LogP) is -2.77. The molecule has 2 saturated heterocycles. The fraction of sp³-hybridized carbons (Fsp3) is 0.733. The maximum atomic E-state index is 12.2. The molecular formula is C15H25N3O14P2. The van der Waals surface area contributed by atoms with E-state index in [9.17, 15) is 43.8 Å². The van der Waals surface area contributed by atoms with Crippen molar-refractivity contribution in [1.29, 1.82) is 0 Å². The first-order chi connectivity index (χ1) is 15.7. The van der Waals surface area contributed by atoms with Gasteiger partial charge in [0.15, 0.2) is 12.5 Å². The molecule has 1 aromatic rings. The third-order valence-electron chi connectivity index (χ3n) is 5.00. The number of nitrogens with zero attached hydrogens (tertiary/aromatic N) is 1. The molecule has 2 fully saturated rings. The van der Waals surface area contributed by atoms with Crippen molar-refractivity contribution in [2.45, 2.75) is 62.4 Å². The lowest BCUT2D eigenvalue weighted by Gasteiger charge is -2.36. The molecule has 2 aliphatic rings. The van der Waals surface area contributed by atoms with E-state index in [-0.39, 0.29) is 6.42 Å². The van der Waals surface area contributed by atoms with E-state index in [4.69, 9.17) is 15.2 Å². The second-order valence-electron chi connectivity index (χ2n) is 7.69. The van der Waals surface area contributed by atoms with Gasteiger partial charge in [0, 0.05) is 18.3 Å². The van der Waals surface area contributed by atoms with Crippen LogP contribution in [0.15, 0.2) is 21.9 Å². The van der Waals surface area contributed by atoms with E-state index in [0.717, 1.165) is 16.8 Å². The van der Waals surface area contributed by atoms with Gasteiger partial charge >= 0.3 is 21.3 Å². The van der Waals surface area contributed by atoms with Crippen LogP contribution in [0.1, 0.15) is 19.6 Å². The van der Waals surface area contributed by atoms with E-state index in [1.54, 1.807) is 6.92 Å². The number of nitrogens with one attached hydrogen (secondary N) is 1. The average Bonchev–Trinajstić information content (AvgIpc) is 2.97. The minimum absolute atomic E-state index is 0.223. The quantitative estimate of drug-likeness (QED) is 0.167. The summed E-state index contributed by atoms with van der Waals surface area (Å²) >= 11 is 0. The molecule has 1 aromatic heterocycles. The van der Waals surface area contributed by atoms with Crippen molar-refractivity contribution in [2.24, 2.45) is 5.73 Å². The first kappa shape index (κ1) is 27.3. The first-order valence-electron chi connectivity index (χ1n) is 9.81. The number of rotatable bonds is 8. The van der Waals surface area contributed by atoms with Crippen molar-refractivity contribution >= 4 is 15.6 Å². The molecule has 0 bridgehead atoms. The summed E-state index contributed by atoms with van der Waals surface area (Å²) in [5, 5.41) is 30.2. The number of nitrogens with two attached hydrogens (primary N) is 1. The van der Waals surface area contributed by atoms with Crippen LogP contribution >= 0.6 is 15.6 Å². The van der Waals surface area contributed by atoms with E-state index in [1.165, 1.54) is 0 Å². The predicted molar refractivity (Wildman–Crippen MR) is 108 cm³/mol. The standard InChI is InChI=1S/C15H25N3O14P2/c1-6-4-7(16)10(20)14(29-6)31-34(26,27)32-33(24,25)28-5-8-11(21)12(22)13(30-8)18-3-2-9(19)17-15(18)23/h2-3,6-8,10-14,20-22H,4-5,16H2,1H3,(H,24,25)(H,26,27)(H,17,19,23)/t6?,7-,8+,10?,11-,12?,13+,14-/m0/s1. The van der Waals surface area contributed by atoms with Gasteiger partial charge in [0.25, 0.3) is 5.56 Å². The smallest absolute Gasteiger partial charge is 0.387 e. The van der Waals surface area contributed by atoms with Crippen molar-refractivity contribution < 1.29 is 57.1 Å². The number of phosphoric acid groups is 2. The molecule has 19 heteroatoms. The zero-order valence-electron chi connectivity index (χ0n) is 17.5. The van der Waals surface area contributed by atoms with Crippen LogP contribution in [0, 0.1) is 0 Å². The Morgan fingerprint density at radius 3 is 2.47 bits per heavy atom. The lowest BCUT2D eigenvalue weighted by molar-refractivity contribution is -0.208. The third kappa shape index (κ3) is 6.47. The number of phosphoric ester groups is 2. The summed E-state index contributed by atoms with van der Waals surface area (Å²) in [6.07, 6.45) is -9.03. The molecule has 0 aliphatic carbocycles. The summed E-state index contributed by atoms with van der Waals surface area (Å²) in [5.41, 5.74) is 3.99. The second-order valence-corrected chi connectivity index (χ2v) is 10.7. The Balaban J connectivity index is 1.60. The third-order valence-corrected chi connectivity index (χ3v) is 7.60. The Bertz CT molecular complexity index is 1080. The molecule has 0 radical (unpaired) electrons. The van der Waals surface area contributed by atoms with E-state index >= 15 is 0 Å². The zero-order valence-corrected chi connectivity index (χ0v) is 19.3. The van der Waals surface area contributed by atoms with Crippen molar-refractivity contribution in [3.63, 3.8) is 0 Å². The lowest BCUT2D eigenvalue weighted by Crippen LogP contribution is -2.52. The summed E-state index contributed by atoms with van der Waals surface area (Å²) in [4.78, 5) is 44.6. The Morgan fingerprint density at radius 1 is 1.15 bits per heavy atom. The van der Waals surface area contributed by atoms with Gasteiger partial charge in [-0.1, -0.05) is 0 Å².